The molecule has 0 aromatic carbocycles. The molecule has 24 heavy (non-hydrogen) atoms. The second-order valence-corrected chi connectivity index (χ2v) is 5.92. The number of carbonyl (C=O) groups excluding carboxylic acids is 2. The molecule has 3 amide bonds. The van der Waals surface area contributed by atoms with E-state index in [1.165, 1.54) is 18.7 Å². The first-order chi connectivity index (χ1) is 10.7. The van der Waals surface area contributed by atoms with E-state index >= 15 is 0 Å². The third-order valence-corrected chi connectivity index (χ3v) is 4.34. The number of aryl methyl sites for hydroxylation is 2. The van der Waals surface area contributed by atoms with Crippen molar-refractivity contribution >= 4 is 17.8 Å². The van der Waals surface area contributed by atoms with Crippen LogP contribution in [0, 0.1) is 13.8 Å². The summed E-state index contributed by atoms with van der Waals surface area (Å²) in [6, 6.07) is -0.0651. The molecule has 1 atom stereocenters. The van der Waals surface area contributed by atoms with Crippen molar-refractivity contribution in [3.63, 3.8) is 0 Å². The Morgan fingerprint density at radius 3 is 2.46 bits per heavy atom. The number of amides is 3. The first kappa shape index (κ1) is 18.2. The Balaban J connectivity index is 0.00000208. The Morgan fingerprint density at radius 1 is 1.21 bits per heavy atom. The minimum absolute atomic E-state index is 0. The van der Waals surface area contributed by atoms with Crippen molar-refractivity contribution in [3.05, 3.63) is 22.9 Å². The Hall–Kier alpha value is -2.16. The molecule has 0 radical (unpaired) electrons. The van der Waals surface area contributed by atoms with Gasteiger partial charge in [0.05, 0.1) is 11.3 Å². The van der Waals surface area contributed by atoms with Crippen LogP contribution < -0.4 is 4.90 Å². The topological polar surface area (TPSA) is 85.0 Å². The predicted octanol–water partition coefficient (Wildman–Crippen LogP) is 2.21. The number of hydrogen-bond acceptors (Lipinski definition) is 3. The summed E-state index contributed by atoms with van der Waals surface area (Å²) in [5, 5.41) is 0. The fraction of sp³-hybridized carbons (Fsp3) is 0.533. The molecule has 2 aliphatic heterocycles. The van der Waals surface area contributed by atoms with E-state index in [1.807, 2.05) is 0 Å². The average Bonchev–Trinajstić information content (AvgIpc) is 2.73. The van der Waals surface area contributed by atoms with Crippen LogP contribution in [0.3, 0.4) is 0 Å². The van der Waals surface area contributed by atoms with Crippen LogP contribution in [0.1, 0.15) is 36.1 Å². The van der Waals surface area contributed by atoms with Crippen LogP contribution in [-0.2, 0) is 11.0 Å². The SMILES string of the molecule is Cc1cc(C(F)(F)F)c(C)nc1N1C(=O)C2CCCCN2C1=O.O. The maximum absolute atomic E-state index is 12.9. The monoisotopic (exact) mass is 345 g/mol. The number of alkyl halides is 3. The van der Waals surface area contributed by atoms with Crippen LogP contribution in [-0.4, -0.2) is 39.9 Å². The van der Waals surface area contributed by atoms with Crippen molar-refractivity contribution in [3.8, 4) is 0 Å². The van der Waals surface area contributed by atoms with Gasteiger partial charge in [0.1, 0.15) is 11.9 Å². The zero-order chi connectivity index (χ0) is 16.9. The van der Waals surface area contributed by atoms with E-state index < -0.39 is 29.7 Å². The highest BCUT2D eigenvalue weighted by atomic mass is 19.4. The Kier molecular flexibility index (Phi) is 4.58. The first-order valence-corrected chi connectivity index (χ1v) is 7.42. The molecule has 3 rings (SSSR count). The zero-order valence-corrected chi connectivity index (χ0v) is 13.3. The van der Waals surface area contributed by atoms with E-state index in [9.17, 15) is 22.8 Å². The van der Waals surface area contributed by atoms with E-state index in [4.69, 9.17) is 0 Å². The molecule has 1 aromatic heterocycles. The maximum Gasteiger partial charge on any atom is 0.418 e. The lowest BCUT2D eigenvalue weighted by Crippen LogP contribution is -2.39. The quantitative estimate of drug-likeness (QED) is 0.732. The van der Waals surface area contributed by atoms with Crippen LogP contribution in [0.5, 0.6) is 0 Å². The Labute approximate surface area is 136 Å². The van der Waals surface area contributed by atoms with Crippen LogP contribution in [0.15, 0.2) is 6.07 Å². The molecule has 6 nitrogen and oxygen atoms in total. The third kappa shape index (κ3) is 2.72. The van der Waals surface area contributed by atoms with E-state index in [1.54, 1.807) is 0 Å². The van der Waals surface area contributed by atoms with Crippen molar-refractivity contribution in [2.24, 2.45) is 0 Å². The number of halogens is 3. The van der Waals surface area contributed by atoms with Gasteiger partial charge in [-0.1, -0.05) is 0 Å². The number of hydrogen-bond donors (Lipinski definition) is 0. The first-order valence-electron chi connectivity index (χ1n) is 7.42. The summed E-state index contributed by atoms with van der Waals surface area (Å²) in [6.45, 7) is 3.14. The number of nitrogens with zero attached hydrogens (tertiary/aromatic N) is 3. The zero-order valence-electron chi connectivity index (χ0n) is 13.3. The van der Waals surface area contributed by atoms with Gasteiger partial charge in [0.2, 0.25) is 0 Å². The summed E-state index contributed by atoms with van der Waals surface area (Å²) in [6.07, 6.45) is -2.26. The summed E-state index contributed by atoms with van der Waals surface area (Å²) in [5.74, 6) is -0.399. The lowest BCUT2D eigenvalue weighted by molar-refractivity contribution is -0.138. The molecule has 3 heterocycles. The van der Waals surface area contributed by atoms with Gasteiger partial charge in [-0.15, -0.1) is 0 Å². The van der Waals surface area contributed by atoms with Crippen molar-refractivity contribution in [1.29, 1.82) is 0 Å². The number of pyridine rings is 1. The van der Waals surface area contributed by atoms with Gasteiger partial charge in [-0.3, -0.25) is 4.79 Å². The fourth-order valence-electron chi connectivity index (χ4n) is 3.19. The number of anilines is 1. The molecule has 0 saturated carbocycles. The molecule has 1 unspecified atom stereocenters. The molecular weight excluding hydrogens is 327 g/mol. The second-order valence-electron chi connectivity index (χ2n) is 5.92. The molecule has 132 valence electrons. The number of piperidine rings is 1. The molecule has 1 aromatic rings. The second kappa shape index (κ2) is 6.04. The number of aromatic nitrogens is 1. The highest BCUT2D eigenvalue weighted by Gasteiger charge is 2.48. The largest absolute Gasteiger partial charge is 0.418 e. The van der Waals surface area contributed by atoms with Gasteiger partial charge in [0, 0.05) is 6.54 Å². The van der Waals surface area contributed by atoms with Gasteiger partial charge in [-0.2, -0.15) is 13.2 Å². The van der Waals surface area contributed by atoms with Crippen LogP contribution in [0.2, 0.25) is 0 Å². The fourth-order valence-corrected chi connectivity index (χ4v) is 3.19. The summed E-state index contributed by atoms with van der Waals surface area (Å²) in [5.41, 5.74) is -0.941. The summed E-state index contributed by atoms with van der Waals surface area (Å²) in [4.78, 5) is 31.3. The minimum Gasteiger partial charge on any atom is -0.412 e. The maximum atomic E-state index is 12.9. The Morgan fingerprint density at radius 2 is 1.88 bits per heavy atom. The summed E-state index contributed by atoms with van der Waals surface area (Å²) in [7, 11) is 0. The molecule has 2 saturated heterocycles. The third-order valence-electron chi connectivity index (χ3n) is 4.34. The average molecular weight is 345 g/mol. The molecule has 2 N–H and O–H groups in total. The molecule has 0 aliphatic carbocycles. The Bertz CT molecular complexity index is 667. The smallest absolute Gasteiger partial charge is 0.412 e. The number of urea groups is 1. The number of imide groups is 1. The predicted molar refractivity (Wildman–Crippen MR) is 79.6 cm³/mol. The molecule has 0 spiro atoms. The molecule has 2 fully saturated rings. The van der Waals surface area contributed by atoms with Gasteiger partial charge >= 0.3 is 12.2 Å². The van der Waals surface area contributed by atoms with Crippen molar-refractivity contribution in [2.75, 3.05) is 11.4 Å². The number of carbonyl (C=O) groups is 2. The van der Waals surface area contributed by atoms with Gasteiger partial charge in [0.15, 0.2) is 0 Å². The van der Waals surface area contributed by atoms with Gasteiger partial charge in [0.25, 0.3) is 5.91 Å². The molecule has 2 aliphatic rings. The van der Waals surface area contributed by atoms with Crippen LogP contribution in [0.25, 0.3) is 0 Å². The van der Waals surface area contributed by atoms with E-state index in [2.05, 4.69) is 4.98 Å². The highest BCUT2D eigenvalue weighted by Crippen LogP contribution is 2.36. The summed E-state index contributed by atoms with van der Waals surface area (Å²) < 4.78 is 38.8. The van der Waals surface area contributed by atoms with E-state index in [-0.39, 0.29) is 22.6 Å². The molecule has 9 heteroatoms. The number of rotatable bonds is 1. The van der Waals surface area contributed by atoms with Crippen molar-refractivity contribution < 1.29 is 28.2 Å². The van der Waals surface area contributed by atoms with Crippen molar-refractivity contribution in [2.45, 2.75) is 45.3 Å². The van der Waals surface area contributed by atoms with Gasteiger partial charge in [-0.05, 0) is 44.7 Å². The lowest BCUT2D eigenvalue weighted by atomic mass is 10.0. The van der Waals surface area contributed by atoms with E-state index in [0.29, 0.717) is 13.0 Å². The van der Waals surface area contributed by atoms with Gasteiger partial charge in [-0.25, -0.2) is 14.7 Å². The highest BCUT2D eigenvalue weighted by molar-refractivity contribution is 6.21. The standard InChI is InChI=1S/C15H16F3N3O2.H2O/c1-8-7-10(15(16,17)18)9(2)19-12(8)21-13(22)11-5-3-4-6-20(11)14(21)23;/h7,11H,3-6H2,1-2H3;1H2. The van der Waals surface area contributed by atoms with Crippen LogP contribution >= 0.6 is 0 Å². The van der Waals surface area contributed by atoms with E-state index in [0.717, 1.165) is 23.8 Å². The minimum atomic E-state index is -4.52. The number of fused-ring (bicyclic) bond motifs is 1. The molecular formula is C15H18F3N3O3. The van der Waals surface area contributed by atoms with Gasteiger partial charge < -0.3 is 10.4 Å². The van der Waals surface area contributed by atoms with Crippen molar-refractivity contribution in [1.82, 2.24) is 9.88 Å². The molecule has 0 bridgehead atoms. The normalized spacial score (nSPS) is 21.0. The lowest BCUT2D eigenvalue weighted by Gasteiger charge is -2.26. The summed E-state index contributed by atoms with van der Waals surface area (Å²) >= 11 is 0. The van der Waals surface area contributed by atoms with Crippen LogP contribution in [0.4, 0.5) is 23.8 Å².